The molecule has 98 valence electrons. The fourth-order valence-electron chi connectivity index (χ4n) is 2.52. The van der Waals surface area contributed by atoms with Crippen molar-refractivity contribution in [3.63, 3.8) is 0 Å². The van der Waals surface area contributed by atoms with Crippen molar-refractivity contribution in [1.82, 2.24) is 10.2 Å². The van der Waals surface area contributed by atoms with E-state index in [1.165, 1.54) is 0 Å². The molecule has 2 rings (SSSR count). The number of hydrogen-bond acceptors (Lipinski definition) is 2. The van der Waals surface area contributed by atoms with Crippen LogP contribution in [0, 0.1) is 0 Å². The molecule has 1 saturated heterocycles. The molecule has 1 atom stereocenters. The third-order valence-corrected chi connectivity index (χ3v) is 3.56. The van der Waals surface area contributed by atoms with Gasteiger partial charge in [-0.05, 0) is 24.9 Å². The lowest BCUT2D eigenvalue weighted by atomic mass is 9.95. The maximum Gasteiger partial charge on any atom is 0.230 e. The summed E-state index contributed by atoms with van der Waals surface area (Å²) in [6.07, 6.45) is 1.92. The van der Waals surface area contributed by atoms with Gasteiger partial charge in [0.05, 0.1) is 5.92 Å². The molecule has 1 amide bonds. The molecule has 0 aliphatic carbocycles. The number of carbonyl (C=O) groups excluding carboxylic acids is 1. The van der Waals surface area contributed by atoms with Crippen LogP contribution in [0.25, 0.3) is 0 Å². The Labute approximate surface area is 109 Å². The van der Waals surface area contributed by atoms with Crippen molar-refractivity contribution < 1.29 is 4.79 Å². The summed E-state index contributed by atoms with van der Waals surface area (Å²) in [6.45, 7) is 5.74. The van der Waals surface area contributed by atoms with Crippen LogP contribution in [0.5, 0.6) is 0 Å². The molecule has 0 aromatic heterocycles. The number of nitrogens with one attached hydrogen (secondary N) is 1. The molecular weight excluding hydrogens is 224 g/mol. The van der Waals surface area contributed by atoms with Gasteiger partial charge in [0, 0.05) is 19.6 Å². The molecule has 0 unspecified atom stereocenters. The molecule has 1 aliphatic rings. The molecule has 0 radical (unpaired) electrons. The quantitative estimate of drug-likeness (QED) is 0.884. The predicted octanol–water partition coefficient (Wildman–Crippen LogP) is 2.00. The van der Waals surface area contributed by atoms with Crippen LogP contribution in [0.4, 0.5) is 0 Å². The third kappa shape index (κ3) is 3.10. The second-order valence-corrected chi connectivity index (χ2v) is 4.80. The van der Waals surface area contributed by atoms with E-state index in [0.29, 0.717) is 0 Å². The number of nitrogens with zero attached hydrogens (tertiary/aromatic N) is 1. The van der Waals surface area contributed by atoms with Gasteiger partial charge in [-0.3, -0.25) is 4.79 Å². The van der Waals surface area contributed by atoms with E-state index >= 15 is 0 Å². The van der Waals surface area contributed by atoms with Gasteiger partial charge in [0.25, 0.3) is 0 Å². The highest BCUT2D eigenvalue weighted by Gasteiger charge is 2.24. The highest BCUT2D eigenvalue weighted by atomic mass is 16.2. The number of benzene rings is 1. The van der Waals surface area contributed by atoms with E-state index < -0.39 is 0 Å². The second-order valence-electron chi connectivity index (χ2n) is 4.80. The van der Waals surface area contributed by atoms with E-state index in [4.69, 9.17) is 0 Å². The first-order chi connectivity index (χ1) is 8.83. The zero-order chi connectivity index (χ0) is 12.8. The first-order valence-electron chi connectivity index (χ1n) is 6.87. The summed E-state index contributed by atoms with van der Waals surface area (Å²) in [5.74, 6) is 0.302. The van der Waals surface area contributed by atoms with Crippen LogP contribution < -0.4 is 5.32 Å². The Morgan fingerprint density at radius 1 is 1.28 bits per heavy atom. The standard InChI is InChI=1S/C15H22N2O/c1-2-14(13-7-4-3-5-8-13)15(18)17-11-6-9-16-10-12-17/h3-5,7-8,14,16H,2,6,9-12H2,1H3/t14-/m0/s1. The Hall–Kier alpha value is -1.35. The van der Waals surface area contributed by atoms with Crippen molar-refractivity contribution in [2.75, 3.05) is 26.2 Å². The molecule has 1 N–H and O–H groups in total. The van der Waals surface area contributed by atoms with Crippen LogP contribution in [0.15, 0.2) is 30.3 Å². The van der Waals surface area contributed by atoms with Gasteiger partial charge in [-0.15, -0.1) is 0 Å². The molecule has 3 nitrogen and oxygen atoms in total. The first-order valence-corrected chi connectivity index (χ1v) is 6.87. The minimum absolute atomic E-state index is 0.0179. The number of hydrogen-bond donors (Lipinski definition) is 1. The maximum absolute atomic E-state index is 12.6. The van der Waals surface area contributed by atoms with Gasteiger partial charge >= 0.3 is 0 Å². The fourth-order valence-corrected chi connectivity index (χ4v) is 2.52. The van der Waals surface area contributed by atoms with Gasteiger partial charge in [-0.2, -0.15) is 0 Å². The van der Waals surface area contributed by atoms with E-state index in [1.54, 1.807) is 0 Å². The Morgan fingerprint density at radius 2 is 2.06 bits per heavy atom. The molecule has 1 heterocycles. The van der Waals surface area contributed by atoms with E-state index in [-0.39, 0.29) is 11.8 Å². The first kappa shape index (κ1) is 13.1. The lowest BCUT2D eigenvalue weighted by molar-refractivity contribution is -0.132. The average molecular weight is 246 g/mol. The zero-order valence-electron chi connectivity index (χ0n) is 11.1. The third-order valence-electron chi connectivity index (χ3n) is 3.56. The molecule has 3 heteroatoms. The van der Waals surface area contributed by atoms with E-state index in [2.05, 4.69) is 24.4 Å². The van der Waals surface area contributed by atoms with Crippen molar-refractivity contribution in [3.05, 3.63) is 35.9 Å². The van der Waals surface area contributed by atoms with Crippen molar-refractivity contribution >= 4 is 5.91 Å². The van der Waals surface area contributed by atoms with E-state index in [9.17, 15) is 4.79 Å². The van der Waals surface area contributed by atoms with E-state index in [0.717, 1.165) is 44.6 Å². The Kier molecular flexibility index (Phi) is 4.76. The molecule has 18 heavy (non-hydrogen) atoms. The fraction of sp³-hybridized carbons (Fsp3) is 0.533. The van der Waals surface area contributed by atoms with Crippen LogP contribution in [0.2, 0.25) is 0 Å². The van der Waals surface area contributed by atoms with Gasteiger partial charge in [0.2, 0.25) is 5.91 Å². The largest absolute Gasteiger partial charge is 0.341 e. The van der Waals surface area contributed by atoms with Gasteiger partial charge < -0.3 is 10.2 Å². The molecule has 1 fully saturated rings. The van der Waals surface area contributed by atoms with Crippen molar-refractivity contribution in [2.24, 2.45) is 0 Å². The van der Waals surface area contributed by atoms with Crippen LogP contribution in [0.1, 0.15) is 31.2 Å². The maximum atomic E-state index is 12.6. The lowest BCUT2D eigenvalue weighted by Crippen LogP contribution is -2.37. The summed E-state index contributed by atoms with van der Waals surface area (Å²) in [5, 5.41) is 3.33. The highest BCUT2D eigenvalue weighted by Crippen LogP contribution is 2.22. The van der Waals surface area contributed by atoms with Gasteiger partial charge in [0.15, 0.2) is 0 Å². The summed E-state index contributed by atoms with van der Waals surface area (Å²) in [5.41, 5.74) is 1.14. The second kappa shape index (κ2) is 6.55. The monoisotopic (exact) mass is 246 g/mol. The Balaban J connectivity index is 2.09. The topological polar surface area (TPSA) is 32.3 Å². The summed E-state index contributed by atoms with van der Waals surface area (Å²) >= 11 is 0. The molecule has 1 aromatic rings. The Bertz CT molecular complexity index is 369. The van der Waals surface area contributed by atoms with Crippen LogP contribution in [-0.2, 0) is 4.79 Å². The summed E-state index contributed by atoms with van der Waals surface area (Å²) in [6, 6.07) is 10.1. The summed E-state index contributed by atoms with van der Waals surface area (Å²) in [7, 11) is 0. The zero-order valence-corrected chi connectivity index (χ0v) is 11.1. The minimum Gasteiger partial charge on any atom is -0.341 e. The van der Waals surface area contributed by atoms with Crippen LogP contribution >= 0.6 is 0 Å². The van der Waals surface area contributed by atoms with Crippen LogP contribution in [0.3, 0.4) is 0 Å². The van der Waals surface area contributed by atoms with Gasteiger partial charge in [-0.1, -0.05) is 37.3 Å². The van der Waals surface area contributed by atoms with E-state index in [1.807, 2.05) is 23.1 Å². The van der Waals surface area contributed by atoms with Crippen molar-refractivity contribution in [1.29, 1.82) is 0 Å². The Morgan fingerprint density at radius 3 is 2.78 bits per heavy atom. The summed E-state index contributed by atoms with van der Waals surface area (Å²) in [4.78, 5) is 14.6. The highest BCUT2D eigenvalue weighted by molar-refractivity contribution is 5.83. The molecule has 1 aromatic carbocycles. The van der Waals surface area contributed by atoms with Gasteiger partial charge in [-0.25, -0.2) is 0 Å². The van der Waals surface area contributed by atoms with Crippen molar-refractivity contribution in [2.45, 2.75) is 25.7 Å². The normalized spacial score (nSPS) is 18.2. The molecule has 1 aliphatic heterocycles. The van der Waals surface area contributed by atoms with Crippen molar-refractivity contribution in [3.8, 4) is 0 Å². The molecular formula is C15H22N2O. The summed E-state index contributed by atoms with van der Waals surface area (Å²) < 4.78 is 0. The minimum atomic E-state index is 0.0179. The SMILES string of the molecule is CC[C@H](C(=O)N1CCCNCC1)c1ccccc1. The number of amides is 1. The molecule has 0 saturated carbocycles. The van der Waals surface area contributed by atoms with Crippen LogP contribution in [-0.4, -0.2) is 37.0 Å². The molecule has 0 bridgehead atoms. The lowest BCUT2D eigenvalue weighted by Gasteiger charge is -2.25. The van der Waals surface area contributed by atoms with Gasteiger partial charge in [0.1, 0.15) is 0 Å². The number of carbonyl (C=O) groups is 1. The smallest absolute Gasteiger partial charge is 0.230 e. The average Bonchev–Trinajstić information content (AvgIpc) is 2.69. The predicted molar refractivity (Wildman–Crippen MR) is 73.5 cm³/mol. The number of rotatable bonds is 3. The molecule has 0 spiro atoms.